The van der Waals surface area contributed by atoms with Crippen LogP contribution in [0.2, 0.25) is 0 Å². The van der Waals surface area contributed by atoms with Crippen molar-refractivity contribution in [2.24, 2.45) is 5.73 Å². The fourth-order valence-corrected chi connectivity index (χ4v) is 5.98. The van der Waals surface area contributed by atoms with Crippen molar-refractivity contribution in [1.82, 2.24) is 0 Å². The van der Waals surface area contributed by atoms with Crippen LogP contribution in [0.15, 0.2) is 60.8 Å². The quantitative estimate of drug-likeness (QED) is 0.0278. The molecule has 0 saturated heterocycles. The predicted octanol–water partition coefficient (Wildman–Crippen LogP) is 11.8. The minimum Gasteiger partial charge on any atom is -0.457 e. The van der Waals surface area contributed by atoms with E-state index in [1.54, 1.807) is 0 Å². The molecule has 0 aromatic heterocycles. The third-order valence-electron chi connectivity index (χ3n) is 8.17. The summed E-state index contributed by atoms with van der Waals surface area (Å²) < 4.78 is 33.3. The third kappa shape index (κ3) is 39.2. The second-order valence-corrected chi connectivity index (χ2v) is 14.6. The van der Waals surface area contributed by atoms with Gasteiger partial charge in [-0.25, -0.2) is 4.57 Å². The largest absolute Gasteiger partial charge is 0.472 e. The van der Waals surface area contributed by atoms with E-state index in [0.29, 0.717) is 13.0 Å². The number of nitrogens with two attached hydrogens (primary N) is 1. The number of ether oxygens (including phenoxy) is 2. The SMILES string of the molecule is CC/C=C\C/C=C\C/C=C\CCCCCCCC(=O)OC(COCCCCCCCC/C=C\C/C=C\CCCCCC)COP(=O)(O)OCCN. The monoisotopic (exact) mass is 738 g/mol. The van der Waals surface area contributed by atoms with Gasteiger partial charge in [-0.2, -0.15) is 0 Å². The lowest BCUT2D eigenvalue weighted by Gasteiger charge is -2.20. The van der Waals surface area contributed by atoms with Gasteiger partial charge in [-0.1, -0.05) is 139 Å². The number of unbranched alkanes of at least 4 members (excludes halogenated alkanes) is 15. The minimum atomic E-state index is -4.28. The number of carbonyl (C=O) groups is 1. The molecule has 8 nitrogen and oxygen atoms in total. The Bertz CT molecular complexity index is 963. The van der Waals surface area contributed by atoms with Gasteiger partial charge in [0, 0.05) is 19.6 Å². The smallest absolute Gasteiger partial charge is 0.457 e. The van der Waals surface area contributed by atoms with Crippen molar-refractivity contribution >= 4 is 13.8 Å². The van der Waals surface area contributed by atoms with E-state index in [0.717, 1.165) is 89.9 Å². The first-order valence-electron chi connectivity index (χ1n) is 20.3. The van der Waals surface area contributed by atoms with E-state index >= 15 is 0 Å². The number of carbonyl (C=O) groups excluding carboxylic acids is 1. The average molecular weight is 738 g/mol. The average Bonchev–Trinajstić information content (AvgIpc) is 3.12. The normalized spacial score (nSPS) is 14.2. The maximum Gasteiger partial charge on any atom is 0.472 e. The van der Waals surface area contributed by atoms with Crippen LogP contribution in [0.1, 0.15) is 162 Å². The second kappa shape index (κ2) is 39.4. The number of phosphoric acid groups is 1. The molecule has 0 radical (unpaired) electrons. The van der Waals surface area contributed by atoms with Crippen molar-refractivity contribution in [2.45, 2.75) is 168 Å². The van der Waals surface area contributed by atoms with E-state index in [-0.39, 0.29) is 32.3 Å². The van der Waals surface area contributed by atoms with Crippen LogP contribution in [0, 0.1) is 0 Å². The van der Waals surface area contributed by atoms with E-state index in [4.69, 9.17) is 24.3 Å². The molecule has 0 bridgehead atoms. The van der Waals surface area contributed by atoms with Crippen molar-refractivity contribution in [3.63, 3.8) is 0 Å². The maximum atomic E-state index is 12.5. The van der Waals surface area contributed by atoms with Gasteiger partial charge < -0.3 is 20.1 Å². The van der Waals surface area contributed by atoms with Crippen LogP contribution in [-0.2, 0) is 27.9 Å². The van der Waals surface area contributed by atoms with Gasteiger partial charge in [-0.05, 0) is 77.0 Å². The van der Waals surface area contributed by atoms with E-state index in [1.165, 1.54) is 51.4 Å². The van der Waals surface area contributed by atoms with Crippen LogP contribution < -0.4 is 5.73 Å². The molecule has 2 atom stereocenters. The van der Waals surface area contributed by atoms with Crippen molar-refractivity contribution in [3.05, 3.63) is 60.8 Å². The zero-order chi connectivity index (χ0) is 37.4. The molecule has 0 heterocycles. The summed E-state index contributed by atoms with van der Waals surface area (Å²) in [5.74, 6) is -0.354. The molecule has 51 heavy (non-hydrogen) atoms. The fraction of sp³-hybridized carbons (Fsp3) is 0.738. The number of phosphoric ester groups is 1. The second-order valence-electron chi connectivity index (χ2n) is 13.1. The highest BCUT2D eigenvalue weighted by atomic mass is 31.2. The third-order valence-corrected chi connectivity index (χ3v) is 9.15. The molecule has 0 aliphatic rings. The van der Waals surface area contributed by atoms with Gasteiger partial charge in [0.2, 0.25) is 0 Å². The molecule has 2 unspecified atom stereocenters. The minimum absolute atomic E-state index is 0.0926. The van der Waals surface area contributed by atoms with Crippen molar-refractivity contribution < 1.29 is 32.8 Å². The van der Waals surface area contributed by atoms with Gasteiger partial charge in [-0.15, -0.1) is 0 Å². The molecule has 0 aliphatic heterocycles. The Morgan fingerprint density at radius 3 is 1.65 bits per heavy atom. The molecular weight excluding hydrogens is 661 g/mol. The van der Waals surface area contributed by atoms with Crippen LogP contribution >= 0.6 is 7.82 Å². The molecule has 296 valence electrons. The number of allylic oxidation sites excluding steroid dienone is 10. The Morgan fingerprint density at radius 2 is 1.10 bits per heavy atom. The van der Waals surface area contributed by atoms with Crippen molar-refractivity contribution in [2.75, 3.05) is 33.0 Å². The first-order chi connectivity index (χ1) is 24.9. The molecule has 0 spiro atoms. The first kappa shape index (κ1) is 49.2. The summed E-state index contributed by atoms with van der Waals surface area (Å²) in [6.07, 6.45) is 46.6. The van der Waals surface area contributed by atoms with Crippen LogP contribution in [0.3, 0.4) is 0 Å². The van der Waals surface area contributed by atoms with Crippen LogP contribution in [-0.4, -0.2) is 49.9 Å². The molecule has 3 N–H and O–H groups in total. The summed E-state index contributed by atoms with van der Waals surface area (Å²) in [5.41, 5.74) is 5.36. The first-order valence-corrected chi connectivity index (χ1v) is 21.8. The number of hydrogen-bond acceptors (Lipinski definition) is 7. The van der Waals surface area contributed by atoms with Gasteiger partial charge >= 0.3 is 13.8 Å². The lowest BCUT2D eigenvalue weighted by atomic mass is 10.1. The molecule has 0 amide bonds. The Balaban J connectivity index is 4.12. The highest BCUT2D eigenvalue weighted by molar-refractivity contribution is 7.47. The van der Waals surface area contributed by atoms with Crippen molar-refractivity contribution in [1.29, 1.82) is 0 Å². The number of hydrogen-bond donors (Lipinski definition) is 2. The van der Waals surface area contributed by atoms with E-state index in [2.05, 4.69) is 74.6 Å². The van der Waals surface area contributed by atoms with Gasteiger partial charge in [-0.3, -0.25) is 13.8 Å². The molecule has 0 saturated carbocycles. The lowest BCUT2D eigenvalue weighted by molar-refractivity contribution is -0.154. The highest BCUT2D eigenvalue weighted by Gasteiger charge is 2.25. The zero-order valence-electron chi connectivity index (χ0n) is 32.6. The summed E-state index contributed by atoms with van der Waals surface area (Å²) in [4.78, 5) is 22.4. The molecular formula is C42H76NO7P. The molecule has 0 aliphatic carbocycles. The standard InChI is InChI=1S/C42H76NO7P/c1-3-5-7-9-11-13-15-17-19-20-22-24-26-28-30-32-34-37-47-39-41(40-49-51(45,46)48-38-36-43)50-42(44)35-33-31-29-27-25-23-21-18-16-14-12-10-8-6-4-2/h6,8,12-15,18-21,41H,3-5,7,9-11,16-17,22-40,43H2,1-2H3,(H,45,46)/b8-6-,14-12-,15-13-,20-19-,21-18-. The van der Waals surface area contributed by atoms with E-state index < -0.39 is 13.9 Å². The fourth-order valence-electron chi connectivity index (χ4n) is 5.22. The Labute approximate surface area is 313 Å². The van der Waals surface area contributed by atoms with Crippen molar-refractivity contribution in [3.8, 4) is 0 Å². The Morgan fingerprint density at radius 1 is 0.608 bits per heavy atom. The Kier molecular flexibility index (Phi) is 38.0. The van der Waals surface area contributed by atoms with Gasteiger partial charge in [0.25, 0.3) is 0 Å². The summed E-state index contributed by atoms with van der Waals surface area (Å²) in [5, 5.41) is 0. The number of esters is 1. The summed E-state index contributed by atoms with van der Waals surface area (Å²) in [6, 6.07) is 0. The van der Waals surface area contributed by atoms with Gasteiger partial charge in [0.05, 0.1) is 19.8 Å². The molecule has 9 heteroatoms. The van der Waals surface area contributed by atoms with Crippen LogP contribution in [0.25, 0.3) is 0 Å². The van der Waals surface area contributed by atoms with Gasteiger partial charge in [0.15, 0.2) is 0 Å². The summed E-state index contributed by atoms with van der Waals surface area (Å²) in [6.45, 7) is 4.73. The highest BCUT2D eigenvalue weighted by Crippen LogP contribution is 2.43. The summed E-state index contributed by atoms with van der Waals surface area (Å²) in [7, 11) is -4.28. The Hall–Kier alpha value is -1.80. The van der Waals surface area contributed by atoms with Crippen LogP contribution in [0.4, 0.5) is 0 Å². The molecule has 0 fully saturated rings. The zero-order valence-corrected chi connectivity index (χ0v) is 33.5. The van der Waals surface area contributed by atoms with E-state index in [9.17, 15) is 14.3 Å². The maximum absolute atomic E-state index is 12.5. The van der Waals surface area contributed by atoms with Gasteiger partial charge in [0.1, 0.15) is 6.10 Å². The van der Waals surface area contributed by atoms with E-state index in [1.807, 2.05) is 0 Å². The molecule has 0 aromatic rings. The predicted molar refractivity (Wildman–Crippen MR) is 215 cm³/mol. The molecule has 0 rings (SSSR count). The van der Waals surface area contributed by atoms with Crippen LogP contribution in [0.5, 0.6) is 0 Å². The number of rotatable bonds is 38. The summed E-state index contributed by atoms with van der Waals surface area (Å²) >= 11 is 0. The topological polar surface area (TPSA) is 117 Å². The molecule has 0 aromatic carbocycles. The lowest BCUT2D eigenvalue weighted by Crippen LogP contribution is -2.28.